The van der Waals surface area contributed by atoms with Gasteiger partial charge in [0.2, 0.25) is 5.92 Å². The van der Waals surface area contributed by atoms with Crippen molar-refractivity contribution in [2.75, 3.05) is 7.05 Å². The first-order valence-corrected chi connectivity index (χ1v) is 9.95. The number of halogens is 4. The van der Waals surface area contributed by atoms with E-state index in [4.69, 9.17) is 0 Å². The van der Waals surface area contributed by atoms with Crippen molar-refractivity contribution in [2.24, 2.45) is 0 Å². The Bertz CT molecular complexity index is 664. The van der Waals surface area contributed by atoms with E-state index in [0.29, 0.717) is 30.4 Å². The largest absolute Gasteiger partial charge is 0.317 e. The van der Waals surface area contributed by atoms with Crippen molar-refractivity contribution >= 4 is 6.29 Å². The van der Waals surface area contributed by atoms with Crippen LogP contribution in [0.2, 0.25) is 0 Å². The quantitative estimate of drug-likeness (QED) is 0.564. The van der Waals surface area contributed by atoms with Crippen molar-refractivity contribution in [1.29, 1.82) is 0 Å². The zero-order chi connectivity index (χ0) is 20.4. The van der Waals surface area contributed by atoms with Crippen LogP contribution in [-0.2, 0) is 0 Å². The second-order valence-electron chi connectivity index (χ2n) is 8.28. The average molecular weight is 400 g/mol. The molecule has 0 bridgehead atoms. The van der Waals surface area contributed by atoms with E-state index in [-0.39, 0.29) is 37.8 Å². The molecule has 1 aromatic carbocycles. The van der Waals surface area contributed by atoms with Crippen molar-refractivity contribution < 1.29 is 22.4 Å². The van der Waals surface area contributed by atoms with Crippen molar-refractivity contribution in [2.45, 2.75) is 80.8 Å². The smallest absolute Gasteiger partial charge is 0.251 e. The van der Waals surface area contributed by atoms with E-state index >= 15 is 0 Å². The van der Waals surface area contributed by atoms with Gasteiger partial charge in [-0.1, -0.05) is 18.2 Å². The summed E-state index contributed by atoms with van der Waals surface area (Å²) in [5.41, 5.74) is 1.87. The molecule has 2 atom stereocenters. The molecule has 0 aliphatic heterocycles. The van der Waals surface area contributed by atoms with Crippen molar-refractivity contribution in [3.05, 3.63) is 35.4 Å². The fraction of sp³-hybridized carbons (Fsp3) is 0.667. The Balaban J connectivity index is 0.000000236. The molecule has 0 spiro atoms. The van der Waals surface area contributed by atoms with Crippen LogP contribution in [-0.4, -0.2) is 43.3 Å². The molecule has 3 nitrogen and oxygen atoms in total. The summed E-state index contributed by atoms with van der Waals surface area (Å²) in [5, 5.41) is 6.27. The molecule has 2 unspecified atom stereocenters. The van der Waals surface area contributed by atoms with Gasteiger partial charge in [-0.15, -0.1) is 0 Å². The minimum absolute atomic E-state index is 0.00266. The normalized spacial score (nSPS) is 28.6. The highest BCUT2D eigenvalue weighted by molar-refractivity contribution is 5.75. The number of carbonyl (C=O) groups is 1. The van der Waals surface area contributed by atoms with Crippen LogP contribution in [0.15, 0.2) is 24.3 Å². The van der Waals surface area contributed by atoms with E-state index in [2.05, 4.69) is 10.6 Å². The van der Waals surface area contributed by atoms with E-state index in [1.54, 1.807) is 13.1 Å². The molecule has 28 heavy (non-hydrogen) atoms. The van der Waals surface area contributed by atoms with E-state index in [1.165, 1.54) is 5.56 Å². The van der Waals surface area contributed by atoms with Gasteiger partial charge in [0.1, 0.15) is 6.29 Å². The zero-order valence-corrected chi connectivity index (χ0v) is 16.1. The summed E-state index contributed by atoms with van der Waals surface area (Å²) >= 11 is 0. The monoisotopic (exact) mass is 400 g/mol. The number of benzene rings is 1. The predicted molar refractivity (Wildman–Crippen MR) is 100 cm³/mol. The first-order valence-electron chi connectivity index (χ1n) is 9.95. The number of carbonyl (C=O) groups excluding carboxylic acids is 1. The lowest BCUT2D eigenvalue weighted by atomic mass is 9.88. The SMILES string of the molecule is CNC1CC(F)(F)C1.O=Cc1cccc(C2CC2NC2CCC(F)(F)CC2)c1. The highest BCUT2D eigenvalue weighted by atomic mass is 19.3. The minimum atomic E-state index is -2.46. The fourth-order valence-electron chi connectivity index (χ4n) is 3.99. The summed E-state index contributed by atoms with van der Waals surface area (Å²) in [6.07, 6.45) is 3.06. The molecule has 0 heterocycles. The van der Waals surface area contributed by atoms with Crippen LogP contribution in [0.5, 0.6) is 0 Å². The molecule has 3 saturated carbocycles. The fourth-order valence-corrected chi connectivity index (χ4v) is 3.99. The highest BCUT2D eigenvalue weighted by Crippen LogP contribution is 2.43. The van der Waals surface area contributed by atoms with Crippen LogP contribution < -0.4 is 10.6 Å². The van der Waals surface area contributed by atoms with Gasteiger partial charge in [-0.05, 0) is 37.9 Å². The predicted octanol–water partition coefficient (Wildman–Crippen LogP) is 4.53. The number of rotatable bonds is 5. The van der Waals surface area contributed by atoms with Gasteiger partial charge < -0.3 is 10.6 Å². The highest BCUT2D eigenvalue weighted by Gasteiger charge is 2.44. The Morgan fingerprint density at radius 2 is 1.71 bits per heavy atom. The first kappa shape index (κ1) is 21.2. The maximum Gasteiger partial charge on any atom is 0.251 e. The zero-order valence-electron chi connectivity index (χ0n) is 16.1. The maximum atomic E-state index is 13.1. The number of aldehydes is 1. The molecule has 0 radical (unpaired) electrons. The lowest BCUT2D eigenvalue weighted by Crippen LogP contribution is -2.46. The molecule has 3 aliphatic rings. The summed E-state index contributed by atoms with van der Waals surface area (Å²) in [6.45, 7) is 0. The third kappa shape index (κ3) is 5.77. The summed E-state index contributed by atoms with van der Waals surface area (Å²) in [4.78, 5) is 10.8. The van der Waals surface area contributed by atoms with Gasteiger partial charge >= 0.3 is 0 Å². The first-order chi connectivity index (χ1) is 13.2. The Labute approximate surface area is 163 Å². The van der Waals surface area contributed by atoms with Gasteiger partial charge in [0, 0.05) is 55.3 Å². The van der Waals surface area contributed by atoms with E-state index in [9.17, 15) is 22.4 Å². The molecule has 0 amide bonds. The van der Waals surface area contributed by atoms with Gasteiger partial charge in [0.15, 0.2) is 0 Å². The molecule has 7 heteroatoms. The number of hydrogen-bond acceptors (Lipinski definition) is 3. The van der Waals surface area contributed by atoms with Gasteiger partial charge in [-0.25, -0.2) is 17.6 Å². The number of alkyl halides is 4. The molecule has 2 N–H and O–H groups in total. The second-order valence-corrected chi connectivity index (χ2v) is 8.28. The van der Waals surface area contributed by atoms with Crippen LogP contribution >= 0.6 is 0 Å². The van der Waals surface area contributed by atoms with E-state index < -0.39 is 11.8 Å². The third-order valence-corrected chi connectivity index (χ3v) is 5.93. The topological polar surface area (TPSA) is 41.1 Å². The Hall–Kier alpha value is -1.47. The Kier molecular flexibility index (Phi) is 6.44. The molecule has 4 rings (SSSR count). The van der Waals surface area contributed by atoms with Crippen molar-refractivity contribution in [3.8, 4) is 0 Å². The van der Waals surface area contributed by atoms with Crippen LogP contribution in [0.1, 0.15) is 66.8 Å². The third-order valence-electron chi connectivity index (χ3n) is 5.93. The summed E-state index contributed by atoms with van der Waals surface area (Å²) in [7, 11) is 1.71. The Morgan fingerprint density at radius 3 is 2.25 bits per heavy atom. The average Bonchev–Trinajstić information content (AvgIpc) is 3.41. The molecule has 3 aliphatic carbocycles. The molecule has 1 aromatic rings. The standard InChI is InChI=1S/C16H19F2NO.C5H9F2N/c17-16(18)6-4-13(5-7-16)19-15-9-14(15)12-3-1-2-11(8-12)10-20;1-8-4-2-5(6,7)3-4/h1-3,8,10,13-15,19H,4-7,9H2;4,8H,2-3H2,1H3. The lowest BCUT2D eigenvalue weighted by molar-refractivity contribution is -0.0910. The van der Waals surface area contributed by atoms with Crippen LogP contribution in [0.3, 0.4) is 0 Å². The van der Waals surface area contributed by atoms with E-state index in [0.717, 1.165) is 12.7 Å². The summed E-state index contributed by atoms with van der Waals surface area (Å²) in [6, 6.07) is 8.32. The van der Waals surface area contributed by atoms with Crippen molar-refractivity contribution in [3.63, 3.8) is 0 Å². The maximum absolute atomic E-state index is 13.1. The van der Waals surface area contributed by atoms with Crippen LogP contribution in [0.25, 0.3) is 0 Å². The van der Waals surface area contributed by atoms with Gasteiger partial charge in [-0.2, -0.15) is 0 Å². The number of nitrogens with one attached hydrogen (secondary N) is 2. The summed E-state index contributed by atoms with van der Waals surface area (Å²) in [5.74, 6) is -4.40. The minimum Gasteiger partial charge on any atom is -0.317 e. The summed E-state index contributed by atoms with van der Waals surface area (Å²) < 4.78 is 50.1. The molecular weight excluding hydrogens is 372 g/mol. The van der Waals surface area contributed by atoms with E-state index in [1.807, 2.05) is 18.2 Å². The van der Waals surface area contributed by atoms with Crippen LogP contribution in [0.4, 0.5) is 17.6 Å². The van der Waals surface area contributed by atoms with Crippen molar-refractivity contribution in [1.82, 2.24) is 10.6 Å². The lowest BCUT2D eigenvalue weighted by Gasteiger charge is -2.34. The van der Waals surface area contributed by atoms with Gasteiger partial charge in [0.25, 0.3) is 5.92 Å². The molecule has 156 valence electrons. The Morgan fingerprint density at radius 1 is 1.04 bits per heavy atom. The molecule has 0 saturated heterocycles. The number of hydrogen-bond donors (Lipinski definition) is 2. The molecular formula is C21H28F4N2O. The van der Waals surface area contributed by atoms with Crippen LogP contribution in [0, 0.1) is 0 Å². The second kappa shape index (κ2) is 8.49. The molecule has 0 aromatic heterocycles. The van der Waals surface area contributed by atoms with Gasteiger partial charge in [0.05, 0.1) is 0 Å². The van der Waals surface area contributed by atoms with Gasteiger partial charge in [-0.3, -0.25) is 4.79 Å². The molecule has 3 fully saturated rings.